The minimum Gasteiger partial charge on any atom is -0.508 e. The predicted molar refractivity (Wildman–Crippen MR) is 63.0 cm³/mol. The summed E-state index contributed by atoms with van der Waals surface area (Å²) in [5.74, 6) is 0.0227. The van der Waals surface area contributed by atoms with Gasteiger partial charge in [0.2, 0.25) is 0 Å². The Morgan fingerprint density at radius 2 is 2.00 bits per heavy atom. The van der Waals surface area contributed by atoms with Crippen LogP contribution < -0.4 is 5.63 Å². The number of aryl methyl sites for hydroxylation is 1. The lowest BCUT2D eigenvalue weighted by Crippen LogP contribution is -2.14. The average Bonchev–Trinajstić information content (AvgIpc) is 2.22. The number of fused-ring (bicyclic) bond motifs is 1. The fourth-order valence-electron chi connectivity index (χ4n) is 1.84. The molecule has 1 aromatic carbocycles. The van der Waals surface area contributed by atoms with Gasteiger partial charge in [-0.2, -0.15) is 0 Å². The van der Waals surface area contributed by atoms with Gasteiger partial charge in [0.25, 0.3) is 0 Å². The minimum atomic E-state index is -1.64. The molecule has 4 heteroatoms. The molecule has 0 saturated carbocycles. The molecule has 0 spiro atoms. The van der Waals surface area contributed by atoms with Crippen LogP contribution in [0, 0.1) is 6.92 Å². The van der Waals surface area contributed by atoms with E-state index in [1.807, 2.05) is 0 Å². The molecule has 1 N–H and O–H groups in total. The molecule has 0 aliphatic carbocycles. The fraction of sp³-hybridized carbons (Fsp3) is 0.308. The quantitative estimate of drug-likeness (QED) is 0.774. The molecule has 0 saturated heterocycles. The first-order chi connectivity index (χ1) is 7.80. The molecule has 1 aromatic heterocycles. The van der Waals surface area contributed by atoms with E-state index in [0.717, 1.165) is 6.07 Å². The lowest BCUT2D eigenvalue weighted by molar-refractivity contribution is 0.222. The van der Waals surface area contributed by atoms with Crippen molar-refractivity contribution in [2.75, 3.05) is 0 Å². The summed E-state index contributed by atoms with van der Waals surface area (Å²) in [7, 11) is 0. The topological polar surface area (TPSA) is 50.4 Å². The van der Waals surface area contributed by atoms with Gasteiger partial charge in [-0.05, 0) is 32.9 Å². The van der Waals surface area contributed by atoms with Crippen molar-refractivity contribution in [3.8, 4) is 5.75 Å². The van der Waals surface area contributed by atoms with Gasteiger partial charge in [-0.25, -0.2) is 9.18 Å². The van der Waals surface area contributed by atoms with E-state index in [2.05, 4.69) is 0 Å². The second-order valence-corrected chi connectivity index (χ2v) is 4.54. The van der Waals surface area contributed by atoms with Crippen LogP contribution in [-0.4, -0.2) is 5.11 Å². The van der Waals surface area contributed by atoms with E-state index in [1.165, 1.54) is 19.9 Å². The number of halogens is 1. The summed E-state index contributed by atoms with van der Waals surface area (Å²) in [4.78, 5) is 11.4. The van der Waals surface area contributed by atoms with Gasteiger partial charge in [0.15, 0.2) is 0 Å². The van der Waals surface area contributed by atoms with Crippen LogP contribution in [0.5, 0.6) is 5.75 Å². The van der Waals surface area contributed by atoms with Crippen LogP contribution in [0.1, 0.15) is 25.0 Å². The predicted octanol–water partition coefficient (Wildman–Crippen LogP) is 3.01. The molecule has 0 fully saturated rings. The van der Waals surface area contributed by atoms with Gasteiger partial charge in [0, 0.05) is 22.6 Å². The van der Waals surface area contributed by atoms with E-state index in [-0.39, 0.29) is 16.9 Å². The van der Waals surface area contributed by atoms with Crippen molar-refractivity contribution in [3.63, 3.8) is 0 Å². The smallest absolute Gasteiger partial charge is 0.336 e. The van der Waals surface area contributed by atoms with Gasteiger partial charge >= 0.3 is 5.63 Å². The van der Waals surface area contributed by atoms with E-state index < -0.39 is 11.3 Å². The highest BCUT2D eigenvalue weighted by molar-refractivity contribution is 5.85. The monoisotopic (exact) mass is 236 g/mol. The van der Waals surface area contributed by atoms with Crippen molar-refractivity contribution in [1.29, 1.82) is 0 Å². The third-order valence-corrected chi connectivity index (χ3v) is 2.77. The van der Waals surface area contributed by atoms with Gasteiger partial charge in [-0.3, -0.25) is 0 Å². The summed E-state index contributed by atoms with van der Waals surface area (Å²) < 4.78 is 19.0. The number of hydrogen-bond acceptors (Lipinski definition) is 3. The molecule has 0 amide bonds. The third kappa shape index (κ3) is 1.90. The number of alkyl halides is 1. The van der Waals surface area contributed by atoms with Crippen molar-refractivity contribution in [2.45, 2.75) is 26.4 Å². The molecule has 0 aliphatic heterocycles. The molecule has 1 heterocycles. The number of aromatic hydroxyl groups is 1. The molecule has 0 radical (unpaired) electrons. The van der Waals surface area contributed by atoms with Gasteiger partial charge in [0.1, 0.15) is 17.0 Å². The maximum Gasteiger partial charge on any atom is 0.336 e. The Hall–Kier alpha value is -1.84. The molecule has 2 aromatic rings. The highest BCUT2D eigenvalue weighted by atomic mass is 19.1. The summed E-state index contributed by atoms with van der Waals surface area (Å²) >= 11 is 0. The summed E-state index contributed by atoms with van der Waals surface area (Å²) in [6, 6.07) is 4.17. The molecule has 2 rings (SSSR count). The fourth-order valence-corrected chi connectivity index (χ4v) is 1.84. The summed E-state index contributed by atoms with van der Waals surface area (Å²) in [5, 5.41) is 10.1. The maximum atomic E-state index is 14.0. The molecular formula is C13H13FO3. The zero-order valence-corrected chi connectivity index (χ0v) is 9.87. The lowest BCUT2D eigenvalue weighted by atomic mass is 9.95. The lowest BCUT2D eigenvalue weighted by Gasteiger charge is -2.16. The largest absolute Gasteiger partial charge is 0.508 e. The van der Waals surface area contributed by atoms with Crippen LogP contribution in [0.4, 0.5) is 4.39 Å². The Morgan fingerprint density at radius 3 is 2.59 bits per heavy atom. The Kier molecular flexibility index (Phi) is 2.45. The Bertz CT molecular complexity index is 635. The second-order valence-electron chi connectivity index (χ2n) is 4.54. The average molecular weight is 236 g/mol. The second kappa shape index (κ2) is 3.58. The van der Waals surface area contributed by atoms with Crippen molar-refractivity contribution in [1.82, 2.24) is 0 Å². The molecule has 0 aliphatic rings. The van der Waals surface area contributed by atoms with E-state index in [1.54, 1.807) is 13.0 Å². The number of benzene rings is 1. The Labute approximate surface area is 97.5 Å². The van der Waals surface area contributed by atoms with Crippen LogP contribution in [0.3, 0.4) is 0 Å². The standard InChI is InChI=1S/C13H13FO3/c1-7-10(15)5-4-8-9(13(2,3)14)6-11(16)17-12(7)8/h4-6,15H,1-3H3. The first-order valence-corrected chi connectivity index (χ1v) is 5.26. The van der Waals surface area contributed by atoms with Gasteiger partial charge in [-0.1, -0.05) is 0 Å². The summed E-state index contributed by atoms with van der Waals surface area (Å²) in [5.41, 5.74) is -1.32. The minimum absolute atomic E-state index is 0.0227. The molecule has 0 atom stereocenters. The van der Waals surface area contributed by atoms with Crippen LogP contribution >= 0.6 is 0 Å². The first kappa shape index (κ1) is 11.6. The zero-order valence-electron chi connectivity index (χ0n) is 9.87. The van der Waals surface area contributed by atoms with Crippen LogP contribution in [0.25, 0.3) is 11.0 Å². The van der Waals surface area contributed by atoms with E-state index >= 15 is 0 Å². The Morgan fingerprint density at radius 1 is 1.35 bits per heavy atom. The zero-order chi connectivity index (χ0) is 12.8. The molecule has 0 unspecified atom stereocenters. The van der Waals surface area contributed by atoms with Crippen molar-refractivity contribution in [3.05, 3.63) is 39.7 Å². The van der Waals surface area contributed by atoms with Gasteiger partial charge < -0.3 is 9.52 Å². The van der Waals surface area contributed by atoms with E-state index in [0.29, 0.717) is 10.9 Å². The Balaban J connectivity index is 2.97. The summed E-state index contributed by atoms with van der Waals surface area (Å²) in [6.07, 6.45) is 0. The maximum absolute atomic E-state index is 14.0. The van der Waals surface area contributed by atoms with Crippen LogP contribution in [0.2, 0.25) is 0 Å². The molecule has 90 valence electrons. The van der Waals surface area contributed by atoms with Crippen molar-refractivity contribution >= 4 is 11.0 Å². The van der Waals surface area contributed by atoms with Crippen molar-refractivity contribution < 1.29 is 13.9 Å². The van der Waals surface area contributed by atoms with Gasteiger partial charge in [0.05, 0.1) is 0 Å². The van der Waals surface area contributed by atoms with Crippen LogP contribution in [0.15, 0.2) is 27.4 Å². The summed E-state index contributed by atoms with van der Waals surface area (Å²) in [6.45, 7) is 4.38. The highest BCUT2D eigenvalue weighted by Crippen LogP contribution is 2.33. The van der Waals surface area contributed by atoms with Crippen molar-refractivity contribution in [2.24, 2.45) is 0 Å². The van der Waals surface area contributed by atoms with E-state index in [9.17, 15) is 14.3 Å². The molecular weight excluding hydrogens is 223 g/mol. The van der Waals surface area contributed by atoms with Gasteiger partial charge in [-0.15, -0.1) is 0 Å². The molecule has 17 heavy (non-hydrogen) atoms. The number of hydrogen-bond donors (Lipinski definition) is 1. The number of rotatable bonds is 1. The normalized spacial score (nSPS) is 12.0. The molecule has 3 nitrogen and oxygen atoms in total. The highest BCUT2D eigenvalue weighted by Gasteiger charge is 2.24. The van der Waals surface area contributed by atoms with E-state index in [4.69, 9.17) is 4.42 Å². The number of phenolic OH excluding ortho intramolecular Hbond substituents is 1. The third-order valence-electron chi connectivity index (χ3n) is 2.77. The molecule has 0 bridgehead atoms. The van der Waals surface area contributed by atoms with Crippen LogP contribution in [-0.2, 0) is 5.67 Å². The number of phenols is 1. The first-order valence-electron chi connectivity index (χ1n) is 5.26. The SMILES string of the molecule is Cc1c(O)ccc2c(C(C)(C)F)cc(=O)oc12.